The highest BCUT2D eigenvalue weighted by Crippen LogP contribution is 2.14. The Morgan fingerprint density at radius 1 is 1.56 bits per heavy atom. The van der Waals surface area contributed by atoms with Crippen LogP contribution in [0.3, 0.4) is 0 Å². The van der Waals surface area contributed by atoms with Gasteiger partial charge in [0.25, 0.3) is 0 Å². The highest BCUT2D eigenvalue weighted by Gasteiger charge is 2.17. The van der Waals surface area contributed by atoms with Crippen LogP contribution < -0.4 is 5.32 Å². The molecular weight excluding hydrogens is 235 g/mol. The predicted molar refractivity (Wildman–Crippen MR) is 68.9 cm³/mol. The number of rotatable bonds is 5. The molecule has 1 aromatic carbocycles. The second-order valence-electron chi connectivity index (χ2n) is 4.33. The molecule has 5 heteroatoms. The molecule has 1 unspecified atom stereocenters. The topological polar surface area (TPSA) is 52.6 Å². The summed E-state index contributed by atoms with van der Waals surface area (Å²) < 4.78 is 13.3. The summed E-state index contributed by atoms with van der Waals surface area (Å²) >= 11 is 0. The Morgan fingerprint density at radius 2 is 2.22 bits per heavy atom. The molecule has 0 aromatic heterocycles. The van der Waals surface area contributed by atoms with Gasteiger partial charge in [0.15, 0.2) is 0 Å². The molecule has 0 aliphatic rings. The number of aryl methyl sites for hydroxylation is 1. The largest absolute Gasteiger partial charge is 0.395 e. The highest BCUT2D eigenvalue weighted by atomic mass is 19.1. The lowest BCUT2D eigenvalue weighted by molar-refractivity contribution is -0.120. The number of nitrogens with one attached hydrogen (secondary N) is 1. The van der Waals surface area contributed by atoms with E-state index >= 15 is 0 Å². The number of halogens is 1. The maximum Gasteiger partial charge on any atom is 0.241 e. The Hall–Kier alpha value is -1.46. The summed E-state index contributed by atoms with van der Waals surface area (Å²) in [6.45, 7) is 3.80. The molecule has 0 fully saturated rings. The maximum absolute atomic E-state index is 13.3. The fraction of sp³-hybridized carbons (Fsp3) is 0.462. The summed E-state index contributed by atoms with van der Waals surface area (Å²) in [4.78, 5) is 13.6. The molecule has 0 bridgehead atoms. The van der Waals surface area contributed by atoms with E-state index in [0.29, 0.717) is 17.8 Å². The van der Waals surface area contributed by atoms with Gasteiger partial charge in [-0.3, -0.25) is 9.69 Å². The molecule has 0 aliphatic carbocycles. The molecular formula is C13H19FN2O2. The minimum Gasteiger partial charge on any atom is -0.395 e. The molecule has 0 heterocycles. The van der Waals surface area contributed by atoms with Crippen LogP contribution in [0.1, 0.15) is 12.5 Å². The van der Waals surface area contributed by atoms with Crippen LogP contribution in [0.4, 0.5) is 10.1 Å². The number of amides is 1. The fourth-order valence-corrected chi connectivity index (χ4v) is 1.47. The molecule has 1 aromatic rings. The molecule has 1 rings (SSSR count). The van der Waals surface area contributed by atoms with Crippen LogP contribution in [0.15, 0.2) is 18.2 Å². The number of hydrogen-bond donors (Lipinski definition) is 2. The van der Waals surface area contributed by atoms with E-state index in [1.54, 1.807) is 37.9 Å². The number of likely N-dealkylation sites (N-methyl/N-ethyl adjacent to an activating group) is 1. The molecule has 4 nitrogen and oxygen atoms in total. The Kier molecular flexibility index (Phi) is 5.25. The Bertz CT molecular complexity index is 423. The predicted octanol–water partition coefficient (Wildman–Crippen LogP) is 1.39. The number of carbonyl (C=O) groups excluding carboxylic acids is 1. The lowest BCUT2D eigenvalue weighted by Crippen LogP contribution is -2.40. The highest BCUT2D eigenvalue weighted by molar-refractivity contribution is 5.94. The van der Waals surface area contributed by atoms with Gasteiger partial charge >= 0.3 is 0 Å². The normalized spacial score (nSPS) is 12.6. The van der Waals surface area contributed by atoms with Gasteiger partial charge < -0.3 is 10.4 Å². The van der Waals surface area contributed by atoms with Crippen molar-refractivity contribution in [2.75, 3.05) is 25.5 Å². The van der Waals surface area contributed by atoms with Crippen molar-refractivity contribution in [3.63, 3.8) is 0 Å². The zero-order valence-corrected chi connectivity index (χ0v) is 10.9. The van der Waals surface area contributed by atoms with E-state index in [2.05, 4.69) is 5.32 Å². The van der Waals surface area contributed by atoms with Gasteiger partial charge in [-0.2, -0.15) is 0 Å². The first-order valence-electron chi connectivity index (χ1n) is 5.84. The number of aliphatic hydroxyl groups excluding tert-OH is 1. The van der Waals surface area contributed by atoms with E-state index in [1.807, 2.05) is 0 Å². The molecule has 0 aliphatic heterocycles. The van der Waals surface area contributed by atoms with Crippen molar-refractivity contribution in [3.8, 4) is 0 Å². The SMILES string of the molecule is Cc1ccc(NC(=O)C(C)N(C)CCO)cc1F. The second-order valence-corrected chi connectivity index (χ2v) is 4.33. The van der Waals surface area contributed by atoms with E-state index in [9.17, 15) is 9.18 Å². The molecule has 100 valence electrons. The Morgan fingerprint density at radius 3 is 2.78 bits per heavy atom. The summed E-state index contributed by atoms with van der Waals surface area (Å²) in [6, 6.07) is 4.19. The minimum absolute atomic E-state index is 0.00667. The van der Waals surface area contributed by atoms with Gasteiger partial charge in [0, 0.05) is 12.2 Å². The molecule has 1 amide bonds. The van der Waals surface area contributed by atoms with E-state index in [1.165, 1.54) is 6.07 Å². The first-order valence-corrected chi connectivity index (χ1v) is 5.84. The average Bonchev–Trinajstić information content (AvgIpc) is 2.33. The van der Waals surface area contributed by atoms with Gasteiger partial charge in [-0.15, -0.1) is 0 Å². The van der Waals surface area contributed by atoms with Gasteiger partial charge in [-0.05, 0) is 38.6 Å². The molecule has 2 N–H and O–H groups in total. The van der Waals surface area contributed by atoms with Crippen molar-refractivity contribution in [2.45, 2.75) is 19.9 Å². The van der Waals surface area contributed by atoms with Crippen LogP contribution in [-0.2, 0) is 4.79 Å². The van der Waals surface area contributed by atoms with Crippen molar-refractivity contribution in [3.05, 3.63) is 29.6 Å². The van der Waals surface area contributed by atoms with Crippen molar-refractivity contribution < 1.29 is 14.3 Å². The third kappa shape index (κ3) is 3.78. The van der Waals surface area contributed by atoms with Crippen LogP contribution in [0.25, 0.3) is 0 Å². The van der Waals surface area contributed by atoms with E-state index < -0.39 is 0 Å². The van der Waals surface area contributed by atoms with Crippen LogP contribution >= 0.6 is 0 Å². The lowest BCUT2D eigenvalue weighted by Gasteiger charge is -2.22. The number of hydrogen-bond acceptors (Lipinski definition) is 3. The number of nitrogens with zero attached hydrogens (tertiary/aromatic N) is 1. The smallest absolute Gasteiger partial charge is 0.241 e. The third-order valence-corrected chi connectivity index (χ3v) is 2.93. The summed E-state index contributed by atoms with van der Waals surface area (Å²) in [5, 5.41) is 11.4. The number of carbonyl (C=O) groups is 1. The lowest BCUT2D eigenvalue weighted by atomic mass is 10.2. The third-order valence-electron chi connectivity index (χ3n) is 2.93. The van der Waals surface area contributed by atoms with E-state index in [4.69, 9.17) is 5.11 Å². The van der Waals surface area contributed by atoms with E-state index in [0.717, 1.165) is 0 Å². The number of benzene rings is 1. The number of aliphatic hydroxyl groups is 1. The van der Waals surface area contributed by atoms with Gasteiger partial charge in [-0.25, -0.2) is 4.39 Å². The Balaban J connectivity index is 2.66. The second kappa shape index (κ2) is 6.47. The monoisotopic (exact) mass is 254 g/mol. The molecule has 18 heavy (non-hydrogen) atoms. The fourth-order valence-electron chi connectivity index (χ4n) is 1.47. The molecule has 0 spiro atoms. The zero-order chi connectivity index (χ0) is 13.7. The minimum atomic E-state index is -0.387. The van der Waals surface area contributed by atoms with Crippen LogP contribution in [0.2, 0.25) is 0 Å². The van der Waals surface area contributed by atoms with Crippen molar-refractivity contribution in [2.24, 2.45) is 0 Å². The van der Waals surface area contributed by atoms with Crippen LogP contribution in [-0.4, -0.2) is 42.2 Å². The molecule has 1 atom stereocenters. The maximum atomic E-state index is 13.3. The van der Waals surface area contributed by atoms with Gasteiger partial charge in [-0.1, -0.05) is 6.07 Å². The van der Waals surface area contributed by atoms with Crippen molar-refractivity contribution in [1.82, 2.24) is 4.90 Å². The first kappa shape index (κ1) is 14.6. The van der Waals surface area contributed by atoms with Gasteiger partial charge in [0.05, 0.1) is 12.6 Å². The van der Waals surface area contributed by atoms with Gasteiger partial charge in [0.1, 0.15) is 5.82 Å². The van der Waals surface area contributed by atoms with Crippen LogP contribution in [0, 0.1) is 12.7 Å². The summed E-state index contributed by atoms with van der Waals surface area (Å²) in [7, 11) is 1.75. The molecule has 0 saturated heterocycles. The van der Waals surface area contributed by atoms with Gasteiger partial charge in [0.2, 0.25) is 5.91 Å². The zero-order valence-electron chi connectivity index (χ0n) is 10.9. The quantitative estimate of drug-likeness (QED) is 0.834. The number of anilines is 1. The standard InChI is InChI=1S/C13H19FN2O2/c1-9-4-5-11(8-12(9)14)15-13(18)10(2)16(3)6-7-17/h4-5,8,10,17H,6-7H2,1-3H3,(H,15,18). The van der Waals surface area contributed by atoms with E-state index in [-0.39, 0.29) is 24.4 Å². The first-order chi connectivity index (χ1) is 8.45. The van der Waals surface area contributed by atoms with Crippen LogP contribution in [0.5, 0.6) is 0 Å². The average molecular weight is 254 g/mol. The molecule has 0 radical (unpaired) electrons. The summed E-state index contributed by atoms with van der Waals surface area (Å²) in [6.07, 6.45) is 0. The Labute approximate surface area is 106 Å². The van der Waals surface area contributed by atoms with Crippen molar-refractivity contribution in [1.29, 1.82) is 0 Å². The summed E-state index contributed by atoms with van der Waals surface area (Å²) in [5.41, 5.74) is 0.978. The van der Waals surface area contributed by atoms with Crippen molar-refractivity contribution >= 4 is 11.6 Å². The molecule has 0 saturated carbocycles. The summed E-state index contributed by atoms with van der Waals surface area (Å²) in [5.74, 6) is -0.571.